The Hall–Kier alpha value is -2.82. The van der Waals surface area contributed by atoms with E-state index in [0.29, 0.717) is 5.75 Å². The van der Waals surface area contributed by atoms with Crippen molar-refractivity contribution >= 4 is 11.9 Å². The maximum atomic E-state index is 11.6. The van der Waals surface area contributed by atoms with Gasteiger partial charge in [-0.05, 0) is 18.6 Å². The van der Waals surface area contributed by atoms with Crippen molar-refractivity contribution in [3.05, 3.63) is 54.6 Å². The van der Waals surface area contributed by atoms with Gasteiger partial charge in [-0.15, -0.1) is 0 Å². The second-order valence-electron chi connectivity index (χ2n) is 4.69. The molecular weight excluding hydrogens is 282 g/mol. The van der Waals surface area contributed by atoms with Crippen molar-refractivity contribution < 1.29 is 19.1 Å². The summed E-state index contributed by atoms with van der Waals surface area (Å²) in [6.45, 7) is 1.12. The number of rotatable bonds is 6. The molecule has 2 N–H and O–H groups in total. The molecule has 0 fully saturated rings. The molecule has 5 heteroatoms. The van der Waals surface area contributed by atoms with Gasteiger partial charge in [-0.3, -0.25) is 4.79 Å². The van der Waals surface area contributed by atoms with Crippen molar-refractivity contribution in [2.75, 3.05) is 6.61 Å². The van der Waals surface area contributed by atoms with Gasteiger partial charge in [0.1, 0.15) is 5.75 Å². The zero-order chi connectivity index (χ0) is 15.9. The summed E-state index contributed by atoms with van der Waals surface area (Å²) in [6.07, 6.45) is -0.972. The Morgan fingerprint density at radius 1 is 1.05 bits per heavy atom. The topological polar surface area (TPSA) is 78.6 Å². The Labute approximate surface area is 128 Å². The quantitative estimate of drug-likeness (QED) is 0.829. The Balaban J connectivity index is 2.05. The lowest BCUT2D eigenvalue weighted by Crippen LogP contribution is -2.32. The molecule has 5 nitrogen and oxygen atoms in total. The molecule has 0 unspecified atom stereocenters. The number of primary amides is 1. The molecule has 0 saturated heterocycles. The number of esters is 1. The van der Waals surface area contributed by atoms with Crippen molar-refractivity contribution in [3.63, 3.8) is 0 Å². The van der Waals surface area contributed by atoms with Gasteiger partial charge in [0.15, 0.2) is 12.7 Å². The fraction of sp³-hybridized carbons (Fsp3) is 0.176. The highest BCUT2D eigenvalue weighted by Gasteiger charge is 2.15. The van der Waals surface area contributed by atoms with E-state index in [4.69, 9.17) is 15.2 Å². The lowest BCUT2D eigenvalue weighted by molar-refractivity contribution is -0.155. The third kappa shape index (κ3) is 4.09. The van der Waals surface area contributed by atoms with E-state index in [9.17, 15) is 9.59 Å². The molecule has 1 amide bonds. The van der Waals surface area contributed by atoms with Gasteiger partial charge in [0.05, 0.1) is 0 Å². The first-order valence-electron chi connectivity index (χ1n) is 6.84. The van der Waals surface area contributed by atoms with Crippen LogP contribution in [0, 0.1) is 0 Å². The number of para-hydroxylation sites is 1. The normalized spacial score (nSPS) is 11.5. The summed E-state index contributed by atoms with van der Waals surface area (Å²) in [5.74, 6) is -0.774. The molecule has 0 radical (unpaired) electrons. The summed E-state index contributed by atoms with van der Waals surface area (Å²) < 4.78 is 10.3. The molecule has 1 atom stereocenters. The number of carbonyl (C=O) groups excluding carboxylic acids is 2. The van der Waals surface area contributed by atoms with Crippen LogP contribution in [-0.2, 0) is 14.3 Å². The molecule has 114 valence electrons. The monoisotopic (exact) mass is 299 g/mol. The van der Waals surface area contributed by atoms with Crippen molar-refractivity contribution in [2.45, 2.75) is 13.0 Å². The van der Waals surface area contributed by atoms with Gasteiger partial charge < -0.3 is 15.2 Å². The fourth-order valence-electron chi connectivity index (χ4n) is 1.87. The first kappa shape index (κ1) is 15.6. The van der Waals surface area contributed by atoms with Crippen LogP contribution >= 0.6 is 0 Å². The standard InChI is InChI=1S/C17H17NO4/c1-12(17(18)20)22-16(19)11-21-15-10-6-5-9-14(15)13-7-3-2-4-8-13/h2-10,12H,11H2,1H3,(H2,18,20)/t12-/m0/s1. The molecule has 2 aromatic rings. The number of hydrogen-bond acceptors (Lipinski definition) is 4. The maximum absolute atomic E-state index is 11.6. The number of amides is 1. The largest absolute Gasteiger partial charge is 0.481 e. The van der Waals surface area contributed by atoms with Crippen LogP contribution in [-0.4, -0.2) is 24.6 Å². The summed E-state index contributed by atoms with van der Waals surface area (Å²) in [6, 6.07) is 17.1. The van der Waals surface area contributed by atoms with E-state index >= 15 is 0 Å². The molecule has 0 spiro atoms. The number of carbonyl (C=O) groups is 2. The summed E-state index contributed by atoms with van der Waals surface area (Å²) in [7, 11) is 0. The van der Waals surface area contributed by atoms with Crippen LogP contribution in [0.1, 0.15) is 6.92 Å². The highest BCUT2D eigenvalue weighted by atomic mass is 16.6. The lowest BCUT2D eigenvalue weighted by atomic mass is 10.1. The van der Waals surface area contributed by atoms with Gasteiger partial charge in [-0.1, -0.05) is 48.5 Å². The van der Waals surface area contributed by atoms with Crippen LogP contribution in [0.2, 0.25) is 0 Å². The minimum absolute atomic E-state index is 0.290. The summed E-state index contributed by atoms with van der Waals surface area (Å²) in [5.41, 5.74) is 6.89. The van der Waals surface area contributed by atoms with E-state index in [1.54, 1.807) is 6.07 Å². The first-order valence-corrected chi connectivity index (χ1v) is 6.84. The van der Waals surface area contributed by atoms with Gasteiger partial charge in [0.25, 0.3) is 5.91 Å². The average Bonchev–Trinajstić information content (AvgIpc) is 2.54. The Bertz CT molecular complexity index is 655. The zero-order valence-electron chi connectivity index (χ0n) is 12.2. The lowest BCUT2D eigenvalue weighted by Gasteiger charge is -2.13. The van der Waals surface area contributed by atoms with Crippen molar-refractivity contribution in [1.82, 2.24) is 0 Å². The number of hydrogen-bond donors (Lipinski definition) is 1. The molecule has 0 saturated carbocycles. The van der Waals surface area contributed by atoms with Crippen LogP contribution in [0.25, 0.3) is 11.1 Å². The zero-order valence-corrected chi connectivity index (χ0v) is 12.2. The van der Waals surface area contributed by atoms with E-state index in [1.165, 1.54) is 6.92 Å². The Kier molecular flexibility index (Phi) is 5.14. The van der Waals surface area contributed by atoms with Crippen LogP contribution in [0.5, 0.6) is 5.75 Å². The summed E-state index contributed by atoms with van der Waals surface area (Å²) >= 11 is 0. The molecule has 0 bridgehead atoms. The van der Waals surface area contributed by atoms with Crippen LogP contribution in [0.4, 0.5) is 0 Å². The average molecular weight is 299 g/mol. The SMILES string of the molecule is C[C@H](OC(=O)COc1ccccc1-c1ccccc1)C(N)=O. The van der Waals surface area contributed by atoms with Gasteiger partial charge in [-0.25, -0.2) is 4.79 Å². The van der Waals surface area contributed by atoms with Gasteiger partial charge in [0.2, 0.25) is 0 Å². The molecule has 0 aliphatic carbocycles. The van der Waals surface area contributed by atoms with Gasteiger partial charge in [0, 0.05) is 5.56 Å². The number of ether oxygens (including phenoxy) is 2. The summed E-state index contributed by atoms with van der Waals surface area (Å²) in [4.78, 5) is 22.5. The molecule has 2 rings (SSSR count). The second kappa shape index (κ2) is 7.26. The second-order valence-corrected chi connectivity index (χ2v) is 4.69. The molecule has 0 aliphatic rings. The number of benzene rings is 2. The van der Waals surface area contributed by atoms with E-state index in [1.807, 2.05) is 48.5 Å². The van der Waals surface area contributed by atoms with Crippen molar-refractivity contribution in [1.29, 1.82) is 0 Å². The first-order chi connectivity index (χ1) is 10.6. The molecule has 2 aromatic carbocycles. The molecule has 0 aromatic heterocycles. The van der Waals surface area contributed by atoms with Crippen molar-refractivity contribution in [2.24, 2.45) is 5.73 Å². The Morgan fingerprint density at radius 3 is 2.36 bits per heavy atom. The molecule has 22 heavy (non-hydrogen) atoms. The third-order valence-corrected chi connectivity index (χ3v) is 3.03. The van der Waals surface area contributed by atoms with Crippen LogP contribution in [0.3, 0.4) is 0 Å². The van der Waals surface area contributed by atoms with Gasteiger partial charge in [-0.2, -0.15) is 0 Å². The van der Waals surface area contributed by atoms with E-state index in [-0.39, 0.29) is 6.61 Å². The fourth-order valence-corrected chi connectivity index (χ4v) is 1.87. The molecule has 0 heterocycles. The predicted octanol–water partition coefficient (Wildman–Crippen LogP) is 2.15. The Morgan fingerprint density at radius 2 is 1.68 bits per heavy atom. The van der Waals surface area contributed by atoms with E-state index < -0.39 is 18.0 Å². The highest BCUT2D eigenvalue weighted by Crippen LogP contribution is 2.29. The molecule has 0 aliphatic heterocycles. The van der Waals surface area contributed by atoms with Crippen LogP contribution < -0.4 is 10.5 Å². The minimum atomic E-state index is -0.972. The molecular formula is C17H17NO4. The summed E-state index contributed by atoms with van der Waals surface area (Å²) in [5, 5.41) is 0. The minimum Gasteiger partial charge on any atom is -0.481 e. The van der Waals surface area contributed by atoms with E-state index in [2.05, 4.69) is 0 Å². The maximum Gasteiger partial charge on any atom is 0.344 e. The highest BCUT2D eigenvalue weighted by molar-refractivity contribution is 5.82. The third-order valence-electron chi connectivity index (χ3n) is 3.03. The van der Waals surface area contributed by atoms with Gasteiger partial charge >= 0.3 is 5.97 Å². The van der Waals surface area contributed by atoms with E-state index in [0.717, 1.165) is 11.1 Å². The predicted molar refractivity (Wildman–Crippen MR) is 82.1 cm³/mol. The number of nitrogens with two attached hydrogens (primary N) is 1. The smallest absolute Gasteiger partial charge is 0.344 e. The van der Waals surface area contributed by atoms with Crippen molar-refractivity contribution in [3.8, 4) is 16.9 Å². The van der Waals surface area contributed by atoms with Crippen LogP contribution in [0.15, 0.2) is 54.6 Å².